The van der Waals surface area contributed by atoms with Gasteiger partial charge in [0.05, 0.1) is 11.0 Å². The number of para-hydroxylation sites is 1. The molecule has 0 aliphatic carbocycles. The number of amides is 1. The highest BCUT2D eigenvalue weighted by Crippen LogP contribution is 2.28. The first kappa shape index (κ1) is 16.8. The van der Waals surface area contributed by atoms with E-state index in [2.05, 4.69) is 41.2 Å². The lowest BCUT2D eigenvalue weighted by atomic mass is 9.97. The molecule has 1 aliphatic rings. The van der Waals surface area contributed by atoms with Gasteiger partial charge >= 0.3 is 0 Å². The monoisotopic (exact) mass is 351 g/mol. The van der Waals surface area contributed by atoms with Crippen LogP contribution in [-0.4, -0.2) is 44.1 Å². The lowest BCUT2D eigenvalue weighted by Crippen LogP contribution is -2.39. The van der Waals surface area contributed by atoms with Crippen LogP contribution in [0.15, 0.2) is 24.3 Å². The third-order valence-corrected chi connectivity index (χ3v) is 5.20. The number of aromatic amines is 2. The van der Waals surface area contributed by atoms with Crippen molar-refractivity contribution in [2.45, 2.75) is 45.4 Å². The van der Waals surface area contributed by atoms with E-state index < -0.39 is 0 Å². The van der Waals surface area contributed by atoms with Gasteiger partial charge in [0.1, 0.15) is 11.5 Å². The Bertz CT molecular complexity index is 925. The lowest BCUT2D eigenvalue weighted by molar-refractivity contribution is 0.0699. The minimum absolute atomic E-state index is 0.0144. The fourth-order valence-corrected chi connectivity index (χ4v) is 3.80. The van der Waals surface area contributed by atoms with Crippen molar-refractivity contribution in [3.63, 3.8) is 0 Å². The maximum Gasteiger partial charge on any atom is 0.274 e. The van der Waals surface area contributed by atoms with E-state index in [1.807, 2.05) is 17.0 Å². The molecule has 0 spiro atoms. The van der Waals surface area contributed by atoms with E-state index in [1.165, 1.54) is 5.56 Å². The number of hydrogen-bond donors (Lipinski definition) is 2. The summed E-state index contributed by atoms with van der Waals surface area (Å²) in [5.41, 5.74) is 4.82. The number of imidazole rings is 1. The zero-order valence-electron chi connectivity index (χ0n) is 15.4. The molecule has 26 heavy (non-hydrogen) atoms. The van der Waals surface area contributed by atoms with E-state index in [1.54, 1.807) is 0 Å². The minimum atomic E-state index is 0.0144. The fraction of sp³-hybridized carbons (Fsp3) is 0.450. The summed E-state index contributed by atoms with van der Waals surface area (Å²) >= 11 is 0. The lowest BCUT2D eigenvalue weighted by Gasteiger charge is -2.31. The van der Waals surface area contributed by atoms with Crippen molar-refractivity contribution < 1.29 is 4.79 Å². The summed E-state index contributed by atoms with van der Waals surface area (Å²) in [4.78, 5) is 23.0. The van der Waals surface area contributed by atoms with Crippen molar-refractivity contribution >= 4 is 16.9 Å². The molecule has 1 aliphatic heterocycles. The highest BCUT2D eigenvalue weighted by Gasteiger charge is 2.28. The third kappa shape index (κ3) is 3.11. The molecule has 2 N–H and O–H groups in total. The van der Waals surface area contributed by atoms with Crippen LogP contribution in [0.25, 0.3) is 11.0 Å². The van der Waals surface area contributed by atoms with Crippen LogP contribution in [0.2, 0.25) is 0 Å². The van der Waals surface area contributed by atoms with Crippen LogP contribution in [0, 0.1) is 6.92 Å². The van der Waals surface area contributed by atoms with E-state index in [0.717, 1.165) is 54.8 Å². The number of piperidine rings is 1. The summed E-state index contributed by atoms with van der Waals surface area (Å²) in [5.74, 6) is 1.25. The summed E-state index contributed by atoms with van der Waals surface area (Å²) in [5, 5.41) is 7.19. The number of nitrogens with zero attached hydrogens (tertiary/aromatic N) is 3. The molecule has 0 radical (unpaired) electrons. The van der Waals surface area contributed by atoms with E-state index in [9.17, 15) is 4.79 Å². The maximum atomic E-state index is 12.8. The molecule has 0 bridgehead atoms. The van der Waals surface area contributed by atoms with Gasteiger partial charge in [-0.2, -0.15) is 5.10 Å². The topological polar surface area (TPSA) is 77.7 Å². The predicted molar refractivity (Wildman–Crippen MR) is 101 cm³/mol. The number of aromatic nitrogens is 4. The molecule has 2 aromatic heterocycles. The van der Waals surface area contributed by atoms with Crippen molar-refractivity contribution in [3.8, 4) is 0 Å². The summed E-state index contributed by atoms with van der Waals surface area (Å²) in [6, 6.07) is 8.07. The van der Waals surface area contributed by atoms with Gasteiger partial charge < -0.3 is 9.88 Å². The van der Waals surface area contributed by atoms with Crippen molar-refractivity contribution in [1.82, 2.24) is 25.1 Å². The maximum absolute atomic E-state index is 12.8. The van der Waals surface area contributed by atoms with Gasteiger partial charge in [-0.1, -0.05) is 25.5 Å². The molecule has 0 unspecified atom stereocenters. The molecule has 1 aromatic carbocycles. The van der Waals surface area contributed by atoms with Gasteiger partial charge in [-0.15, -0.1) is 0 Å². The zero-order chi connectivity index (χ0) is 18.1. The van der Waals surface area contributed by atoms with Crippen LogP contribution in [0.5, 0.6) is 0 Å². The second-order valence-electron chi connectivity index (χ2n) is 7.21. The molecule has 1 saturated heterocycles. The Hall–Kier alpha value is -2.63. The molecule has 136 valence electrons. The molecule has 1 atom stereocenters. The zero-order valence-corrected chi connectivity index (χ0v) is 15.4. The smallest absolute Gasteiger partial charge is 0.274 e. The first-order valence-electron chi connectivity index (χ1n) is 9.44. The Labute approximate surface area is 153 Å². The van der Waals surface area contributed by atoms with Gasteiger partial charge in [-0.3, -0.25) is 9.89 Å². The average molecular weight is 351 g/mol. The largest absolute Gasteiger partial charge is 0.342 e. The Morgan fingerprint density at radius 1 is 1.38 bits per heavy atom. The van der Waals surface area contributed by atoms with E-state index in [0.29, 0.717) is 12.2 Å². The van der Waals surface area contributed by atoms with Gasteiger partial charge in [-0.25, -0.2) is 4.98 Å². The number of likely N-dealkylation sites (tertiary alicyclic amines) is 1. The fourth-order valence-electron chi connectivity index (χ4n) is 3.80. The number of H-pyrrole nitrogens is 2. The summed E-state index contributed by atoms with van der Waals surface area (Å²) < 4.78 is 0. The van der Waals surface area contributed by atoms with Crippen molar-refractivity contribution in [2.75, 3.05) is 13.1 Å². The average Bonchev–Trinajstić information content (AvgIpc) is 3.29. The first-order chi connectivity index (χ1) is 12.7. The summed E-state index contributed by atoms with van der Waals surface area (Å²) in [7, 11) is 0. The molecule has 4 rings (SSSR count). The molecule has 0 saturated carbocycles. The van der Waals surface area contributed by atoms with E-state index >= 15 is 0 Å². The Balaban J connectivity index is 1.52. The van der Waals surface area contributed by atoms with Crippen molar-refractivity contribution in [2.24, 2.45) is 0 Å². The van der Waals surface area contributed by atoms with E-state index in [4.69, 9.17) is 4.98 Å². The van der Waals surface area contributed by atoms with Crippen LogP contribution >= 0.6 is 0 Å². The number of carbonyl (C=O) groups is 1. The van der Waals surface area contributed by atoms with E-state index in [-0.39, 0.29) is 11.8 Å². The number of hydrogen-bond acceptors (Lipinski definition) is 3. The molecule has 6 nitrogen and oxygen atoms in total. The molecule has 1 fully saturated rings. The molecule has 1 amide bonds. The highest BCUT2D eigenvalue weighted by molar-refractivity contribution is 5.92. The number of aryl methyl sites for hydroxylation is 2. The number of fused-ring (bicyclic) bond motifs is 1. The molecule has 3 aromatic rings. The second-order valence-corrected chi connectivity index (χ2v) is 7.21. The second kappa shape index (κ2) is 6.94. The van der Waals surface area contributed by atoms with Crippen molar-refractivity contribution in [3.05, 3.63) is 47.0 Å². The van der Waals surface area contributed by atoms with Gasteiger partial charge in [-0.05, 0) is 43.9 Å². The van der Waals surface area contributed by atoms with Crippen LogP contribution in [0.1, 0.15) is 59.7 Å². The Kier molecular flexibility index (Phi) is 4.49. The SMILES string of the molecule is CCCc1cc(C(=O)N2CCC[C@H](c3nc4c(C)cccc4[nH]3)C2)n[nH]1. The number of rotatable bonds is 4. The molecule has 6 heteroatoms. The molecular formula is C20H25N5O. The minimum Gasteiger partial charge on any atom is -0.342 e. The highest BCUT2D eigenvalue weighted by atomic mass is 16.2. The Morgan fingerprint density at radius 3 is 3.08 bits per heavy atom. The summed E-state index contributed by atoms with van der Waals surface area (Å²) in [6.07, 6.45) is 3.98. The van der Waals surface area contributed by atoms with Gasteiger partial charge in [0, 0.05) is 24.7 Å². The van der Waals surface area contributed by atoms with Gasteiger partial charge in [0.25, 0.3) is 5.91 Å². The number of carbonyl (C=O) groups excluding carboxylic acids is 1. The standard InChI is InChI=1S/C20H25N5O/c1-3-6-15-11-17(24-23-15)20(26)25-10-5-8-14(12-25)19-21-16-9-4-7-13(2)18(16)22-19/h4,7,9,11,14H,3,5-6,8,10,12H2,1-2H3,(H,21,22)(H,23,24)/t14-/m0/s1. The van der Waals surface area contributed by atoms with Crippen LogP contribution in [0.3, 0.4) is 0 Å². The van der Waals surface area contributed by atoms with Crippen LogP contribution < -0.4 is 0 Å². The third-order valence-electron chi connectivity index (χ3n) is 5.20. The van der Waals surface area contributed by atoms with Gasteiger partial charge in [0.2, 0.25) is 0 Å². The normalized spacial score (nSPS) is 17.8. The molecule has 3 heterocycles. The number of nitrogens with one attached hydrogen (secondary N) is 2. The Morgan fingerprint density at radius 2 is 2.27 bits per heavy atom. The number of benzene rings is 1. The first-order valence-corrected chi connectivity index (χ1v) is 9.44. The van der Waals surface area contributed by atoms with Crippen LogP contribution in [0.4, 0.5) is 0 Å². The van der Waals surface area contributed by atoms with Crippen molar-refractivity contribution in [1.29, 1.82) is 0 Å². The predicted octanol–water partition coefficient (Wildman–Crippen LogP) is 3.57. The van der Waals surface area contributed by atoms with Gasteiger partial charge in [0.15, 0.2) is 0 Å². The quantitative estimate of drug-likeness (QED) is 0.754. The molecular weight excluding hydrogens is 326 g/mol. The van der Waals surface area contributed by atoms with Crippen LogP contribution in [-0.2, 0) is 6.42 Å². The summed E-state index contributed by atoms with van der Waals surface area (Å²) in [6.45, 7) is 5.67.